The summed E-state index contributed by atoms with van der Waals surface area (Å²) in [5.74, 6) is 4.34. The van der Waals surface area contributed by atoms with Gasteiger partial charge in [-0.15, -0.1) is 0 Å². The predicted octanol–water partition coefficient (Wildman–Crippen LogP) is 2.44. The molecule has 0 saturated carbocycles. The van der Waals surface area contributed by atoms with Gasteiger partial charge >= 0.3 is 0 Å². The molecule has 4 nitrogen and oxygen atoms in total. The van der Waals surface area contributed by atoms with Gasteiger partial charge < -0.3 is 11.1 Å². The fraction of sp³-hybridized carbons (Fsp3) is 0.0667. The Morgan fingerprint density at radius 2 is 2.19 bits per heavy atom. The van der Waals surface area contributed by atoms with Crippen molar-refractivity contribution in [3.63, 3.8) is 0 Å². The van der Waals surface area contributed by atoms with E-state index in [0.717, 1.165) is 0 Å². The van der Waals surface area contributed by atoms with E-state index in [1.165, 1.54) is 24.4 Å². The van der Waals surface area contributed by atoms with Gasteiger partial charge in [-0.3, -0.25) is 4.79 Å². The van der Waals surface area contributed by atoms with E-state index in [1.807, 2.05) is 0 Å². The van der Waals surface area contributed by atoms with Crippen molar-refractivity contribution >= 4 is 23.3 Å². The summed E-state index contributed by atoms with van der Waals surface area (Å²) in [7, 11) is 0. The second-order valence-electron chi connectivity index (χ2n) is 4.02. The summed E-state index contributed by atoms with van der Waals surface area (Å²) in [4.78, 5) is 15.9. The molecule has 0 bridgehead atoms. The van der Waals surface area contributed by atoms with E-state index in [9.17, 15) is 9.18 Å². The number of amides is 1. The van der Waals surface area contributed by atoms with E-state index in [1.54, 1.807) is 12.1 Å². The quantitative estimate of drug-likeness (QED) is 0.837. The second kappa shape index (κ2) is 6.84. The van der Waals surface area contributed by atoms with Gasteiger partial charge in [-0.25, -0.2) is 9.37 Å². The molecule has 0 aliphatic carbocycles. The molecule has 0 saturated heterocycles. The van der Waals surface area contributed by atoms with Crippen LogP contribution in [0.1, 0.15) is 15.9 Å². The van der Waals surface area contributed by atoms with Crippen LogP contribution in [0.4, 0.5) is 10.2 Å². The van der Waals surface area contributed by atoms with E-state index < -0.39 is 11.7 Å². The monoisotopic (exact) mass is 303 g/mol. The highest BCUT2D eigenvalue weighted by Gasteiger charge is 2.12. The first-order chi connectivity index (χ1) is 10.1. The van der Waals surface area contributed by atoms with E-state index in [-0.39, 0.29) is 17.9 Å². The van der Waals surface area contributed by atoms with Crippen molar-refractivity contribution in [1.82, 2.24) is 4.98 Å². The largest absolute Gasteiger partial charge is 0.320 e. The number of halogens is 2. The fourth-order valence-corrected chi connectivity index (χ4v) is 1.68. The zero-order chi connectivity index (χ0) is 15.2. The first kappa shape index (κ1) is 15.0. The number of nitrogens with one attached hydrogen (secondary N) is 1. The lowest BCUT2D eigenvalue weighted by Gasteiger charge is -2.05. The third kappa shape index (κ3) is 4.02. The summed E-state index contributed by atoms with van der Waals surface area (Å²) in [5.41, 5.74) is 5.61. The van der Waals surface area contributed by atoms with Gasteiger partial charge in [0.15, 0.2) is 0 Å². The molecule has 3 N–H and O–H groups in total. The van der Waals surface area contributed by atoms with Crippen LogP contribution in [-0.2, 0) is 0 Å². The van der Waals surface area contributed by atoms with Crippen molar-refractivity contribution in [3.05, 3.63) is 58.5 Å². The van der Waals surface area contributed by atoms with Crippen molar-refractivity contribution in [3.8, 4) is 11.8 Å². The molecule has 2 rings (SSSR count). The third-order valence-corrected chi connectivity index (χ3v) is 2.74. The molecule has 0 aliphatic rings. The minimum absolute atomic E-state index is 0.0925. The molecule has 1 amide bonds. The average Bonchev–Trinajstić information content (AvgIpc) is 2.47. The number of pyridine rings is 1. The molecule has 0 aliphatic heterocycles. The number of rotatable bonds is 2. The van der Waals surface area contributed by atoms with Crippen molar-refractivity contribution in [2.45, 2.75) is 0 Å². The van der Waals surface area contributed by atoms with Crippen LogP contribution in [0.3, 0.4) is 0 Å². The van der Waals surface area contributed by atoms with Crippen LogP contribution in [0.5, 0.6) is 0 Å². The smallest absolute Gasteiger partial charge is 0.259 e. The fourth-order valence-electron chi connectivity index (χ4n) is 1.56. The van der Waals surface area contributed by atoms with Crippen LogP contribution < -0.4 is 11.1 Å². The van der Waals surface area contributed by atoms with Crippen LogP contribution in [0.2, 0.25) is 5.02 Å². The third-order valence-electron chi connectivity index (χ3n) is 2.52. The number of benzene rings is 1. The molecule has 1 aromatic carbocycles. The molecule has 1 aromatic heterocycles. The molecule has 0 atom stereocenters. The van der Waals surface area contributed by atoms with E-state index in [0.29, 0.717) is 10.6 Å². The number of hydrogen-bond donors (Lipinski definition) is 2. The topological polar surface area (TPSA) is 68.0 Å². The predicted molar refractivity (Wildman–Crippen MR) is 79.5 cm³/mol. The first-order valence-corrected chi connectivity index (χ1v) is 6.39. The van der Waals surface area contributed by atoms with Crippen molar-refractivity contribution in [1.29, 1.82) is 0 Å². The zero-order valence-electron chi connectivity index (χ0n) is 10.9. The van der Waals surface area contributed by atoms with Gasteiger partial charge in [-0.05, 0) is 30.3 Å². The maximum absolute atomic E-state index is 13.9. The Morgan fingerprint density at radius 1 is 1.38 bits per heavy atom. The zero-order valence-corrected chi connectivity index (χ0v) is 11.6. The summed E-state index contributed by atoms with van der Waals surface area (Å²) >= 11 is 5.69. The number of carbonyl (C=O) groups is 1. The Hall–Kier alpha value is -2.42. The van der Waals surface area contributed by atoms with Gasteiger partial charge in [0.2, 0.25) is 0 Å². The standard InChI is InChI=1S/C15H11ClFN3O/c16-11-4-6-14(19-9-11)20-15(21)12-5-3-10(2-1-7-18)8-13(12)17/h3-6,8-9H,7,18H2,(H,19,20,21). The molecular weight excluding hydrogens is 293 g/mol. The van der Waals surface area contributed by atoms with Crippen LogP contribution >= 0.6 is 11.6 Å². The minimum Gasteiger partial charge on any atom is -0.320 e. The molecular formula is C15H11ClFN3O. The summed E-state index contributed by atoms with van der Waals surface area (Å²) in [6, 6.07) is 7.20. The van der Waals surface area contributed by atoms with Gasteiger partial charge in [-0.2, -0.15) is 0 Å². The van der Waals surface area contributed by atoms with Crippen LogP contribution in [0.25, 0.3) is 0 Å². The summed E-state index contributed by atoms with van der Waals surface area (Å²) in [6.07, 6.45) is 1.39. The Balaban J connectivity index is 2.17. The molecule has 0 unspecified atom stereocenters. The average molecular weight is 304 g/mol. The van der Waals surface area contributed by atoms with Gasteiger partial charge in [0, 0.05) is 11.8 Å². The lowest BCUT2D eigenvalue weighted by molar-refractivity contribution is 0.102. The van der Waals surface area contributed by atoms with E-state index >= 15 is 0 Å². The molecule has 0 fully saturated rings. The Morgan fingerprint density at radius 3 is 2.81 bits per heavy atom. The molecule has 21 heavy (non-hydrogen) atoms. The van der Waals surface area contributed by atoms with E-state index in [4.69, 9.17) is 17.3 Å². The highest BCUT2D eigenvalue weighted by atomic mass is 35.5. The van der Waals surface area contributed by atoms with Crippen molar-refractivity contribution < 1.29 is 9.18 Å². The number of carbonyl (C=O) groups excluding carboxylic acids is 1. The highest BCUT2D eigenvalue weighted by molar-refractivity contribution is 6.30. The van der Waals surface area contributed by atoms with Crippen LogP contribution in [0.15, 0.2) is 36.5 Å². The van der Waals surface area contributed by atoms with Crippen LogP contribution in [-0.4, -0.2) is 17.4 Å². The molecule has 1 heterocycles. The highest BCUT2D eigenvalue weighted by Crippen LogP contribution is 2.14. The minimum atomic E-state index is -0.662. The maximum atomic E-state index is 13.9. The normalized spacial score (nSPS) is 9.67. The molecule has 0 radical (unpaired) electrons. The molecule has 106 valence electrons. The summed E-state index contributed by atoms with van der Waals surface area (Å²) in [6.45, 7) is 0.187. The lowest BCUT2D eigenvalue weighted by Crippen LogP contribution is -2.14. The number of nitrogens with two attached hydrogens (primary N) is 1. The Labute approximate surface area is 126 Å². The number of nitrogens with zero attached hydrogens (tertiary/aromatic N) is 1. The van der Waals surface area contributed by atoms with Gasteiger partial charge in [0.05, 0.1) is 17.1 Å². The number of anilines is 1. The Bertz CT molecular complexity index is 720. The van der Waals surface area contributed by atoms with Gasteiger partial charge in [0.25, 0.3) is 5.91 Å². The molecule has 2 aromatic rings. The lowest BCUT2D eigenvalue weighted by atomic mass is 10.1. The van der Waals surface area contributed by atoms with E-state index in [2.05, 4.69) is 22.1 Å². The maximum Gasteiger partial charge on any atom is 0.259 e. The van der Waals surface area contributed by atoms with Gasteiger partial charge in [0.1, 0.15) is 11.6 Å². The summed E-state index contributed by atoms with van der Waals surface area (Å²) in [5, 5.41) is 2.93. The number of hydrogen-bond acceptors (Lipinski definition) is 3. The second-order valence-corrected chi connectivity index (χ2v) is 4.45. The van der Waals surface area contributed by atoms with Gasteiger partial charge in [-0.1, -0.05) is 23.4 Å². The van der Waals surface area contributed by atoms with Crippen molar-refractivity contribution in [2.75, 3.05) is 11.9 Å². The molecule has 6 heteroatoms. The Kier molecular flexibility index (Phi) is 4.88. The number of aromatic nitrogens is 1. The first-order valence-electron chi connectivity index (χ1n) is 6.01. The molecule has 0 spiro atoms. The van der Waals surface area contributed by atoms with Crippen LogP contribution in [0, 0.1) is 17.7 Å². The van der Waals surface area contributed by atoms with Crippen molar-refractivity contribution in [2.24, 2.45) is 5.73 Å². The SMILES string of the molecule is NCC#Cc1ccc(C(=O)Nc2ccc(Cl)cn2)c(F)c1. The summed E-state index contributed by atoms with van der Waals surface area (Å²) < 4.78 is 13.9.